The molecule has 0 radical (unpaired) electrons. The topological polar surface area (TPSA) is 84.3 Å². The number of hydrogen-bond donors (Lipinski definition) is 0. The van der Waals surface area contributed by atoms with Gasteiger partial charge in [0.05, 0.1) is 18.8 Å². The Bertz CT molecular complexity index is 403. The molecule has 0 spiro atoms. The molecular formula is C11H13N3O3. The van der Waals surface area contributed by atoms with Crippen LogP contribution in [0.2, 0.25) is 0 Å². The first-order valence-electron chi connectivity index (χ1n) is 5.14. The summed E-state index contributed by atoms with van der Waals surface area (Å²) >= 11 is 0. The van der Waals surface area contributed by atoms with E-state index >= 15 is 0 Å². The van der Waals surface area contributed by atoms with Gasteiger partial charge in [0.25, 0.3) is 0 Å². The molecule has 6 nitrogen and oxygen atoms in total. The Kier molecular flexibility index (Phi) is 6.25. The molecule has 0 saturated heterocycles. The highest BCUT2D eigenvalue weighted by Gasteiger charge is 2.00. The lowest BCUT2D eigenvalue weighted by Crippen LogP contribution is -2.09. The van der Waals surface area contributed by atoms with Crippen LogP contribution in [0, 0.1) is 0 Å². The maximum absolute atomic E-state index is 10.7. The van der Waals surface area contributed by atoms with E-state index in [0.29, 0.717) is 37.7 Å². The maximum Gasteiger partial charge on any atom is 0.153 e. The second-order valence-corrected chi connectivity index (χ2v) is 3.07. The molecule has 0 unspecified atom stereocenters. The van der Waals surface area contributed by atoms with Crippen molar-refractivity contribution in [3.05, 3.63) is 40.3 Å². The van der Waals surface area contributed by atoms with Gasteiger partial charge in [0.1, 0.15) is 12.4 Å². The summed E-state index contributed by atoms with van der Waals surface area (Å²) in [6.07, 6.45) is 0.748. The summed E-state index contributed by atoms with van der Waals surface area (Å²) in [6, 6.07) is 6.98. The molecule has 0 aliphatic rings. The van der Waals surface area contributed by atoms with Crippen LogP contribution in [0.25, 0.3) is 10.4 Å². The number of para-hydroxylation sites is 1. The SMILES string of the molecule is [N-]=[N+]=NCCOCCOc1ccccc1C=O. The van der Waals surface area contributed by atoms with Gasteiger partial charge in [-0.05, 0) is 17.7 Å². The van der Waals surface area contributed by atoms with Gasteiger partial charge in [0, 0.05) is 11.5 Å². The van der Waals surface area contributed by atoms with Crippen molar-refractivity contribution in [1.29, 1.82) is 0 Å². The van der Waals surface area contributed by atoms with Crippen LogP contribution in [0.5, 0.6) is 5.75 Å². The Morgan fingerprint density at radius 1 is 1.29 bits per heavy atom. The molecule has 1 aromatic rings. The number of aldehydes is 1. The third-order valence-electron chi connectivity index (χ3n) is 1.93. The molecule has 0 fully saturated rings. The second-order valence-electron chi connectivity index (χ2n) is 3.07. The average Bonchev–Trinajstić information content (AvgIpc) is 2.38. The highest BCUT2D eigenvalue weighted by Crippen LogP contribution is 2.15. The number of ether oxygens (including phenoxy) is 2. The first kappa shape index (κ1) is 13.0. The van der Waals surface area contributed by atoms with Gasteiger partial charge in [-0.1, -0.05) is 17.2 Å². The average molecular weight is 235 g/mol. The van der Waals surface area contributed by atoms with Gasteiger partial charge < -0.3 is 9.47 Å². The van der Waals surface area contributed by atoms with E-state index in [1.165, 1.54) is 0 Å². The number of hydrogen-bond acceptors (Lipinski definition) is 4. The van der Waals surface area contributed by atoms with Crippen LogP contribution in [0.1, 0.15) is 10.4 Å². The minimum Gasteiger partial charge on any atom is -0.490 e. The minimum absolute atomic E-state index is 0.307. The fraction of sp³-hybridized carbons (Fsp3) is 0.364. The molecule has 0 aliphatic carbocycles. The van der Waals surface area contributed by atoms with Crippen LogP contribution in [-0.2, 0) is 4.74 Å². The molecule has 6 heteroatoms. The van der Waals surface area contributed by atoms with Crippen LogP contribution < -0.4 is 4.74 Å². The van der Waals surface area contributed by atoms with Crippen LogP contribution >= 0.6 is 0 Å². The van der Waals surface area contributed by atoms with E-state index in [1.807, 2.05) is 0 Å². The molecule has 0 amide bonds. The number of rotatable bonds is 8. The Morgan fingerprint density at radius 3 is 2.88 bits per heavy atom. The van der Waals surface area contributed by atoms with Crippen molar-refractivity contribution < 1.29 is 14.3 Å². The fourth-order valence-corrected chi connectivity index (χ4v) is 1.17. The molecule has 0 bridgehead atoms. The van der Waals surface area contributed by atoms with Crippen molar-refractivity contribution in [2.75, 3.05) is 26.4 Å². The zero-order valence-corrected chi connectivity index (χ0v) is 9.28. The molecule has 0 atom stereocenters. The Labute approximate surface area is 98.8 Å². The van der Waals surface area contributed by atoms with Gasteiger partial charge in [-0.15, -0.1) is 0 Å². The summed E-state index contributed by atoms with van der Waals surface area (Å²) in [5.41, 5.74) is 8.54. The standard InChI is InChI=1S/C11H13N3O3/c12-14-13-5-6-16-7-8-17-11-4-2-1-3-10(11)9-15/h1-4,9H,5-8H2. The molecule has 90 valence electrons. The number of benzene rings is 1. The Morgan fingerprint density at radius 2 is 2.12 bits per heavy atom. The lowest BCUT2D eigenvalue weighted by molar-refractivity contribution is 0.103. The van der Waals surface area contributed by atoms with E-state index < -0.39 is 0 Å². The van der Waals surface area contributed by atoms with E-state index in [2.05, 4.69) is 10.0 Å². The van der Waals surface area contributed by atoms with Crippen LogP contribution in [-0.4, -0.2) is 32.7 Å². The van der Waals surface area contributed by atoms with Crippen molar-refractivity contribution in [2.45, 2.75) is 0 Å². The summed E-state index contributed by atoms with van der Waals surface area (Å²) in [7, 11) is 0. The van der Waals surface area contributed by atoms with Gasteiger partial charge in [-0.2, -0.15) is 0 Å². The van der Waals surface area contributed by atoms with Gasteiger partial charge in [0.15, 0.2) is 6.29 Å². The summed E-state index contributed by atoms with van der Waals surface area (Å²) in [6.45, 7) is 1.40. The van der Waals surface area contributed by atoms with Crippen molar-refractivity contribution in [1.82, 2.24) is 0 Å². The predicted molar refractivity (Wildman–Crippen MR) is 62.2 cm³/mol. The predicted octanol–water partition coefficient (Wildman–Crippen LogP) is 2.20. The highest BCUT2D eigenvalue weighted by atomic mass is 16.5. The van der Waals surface area contributed by atoms with Gasteiger partial charge in [-0.3, -0.25) is 4.79 Å². The Balaban J connectivity index is 2.21. The van der Waals surface area contributed by atoms with Crippen LogP contribution in [0.3, 0.4) is 0 Å². The molecule has 1 rings (SSSR count). The molecule has 0 heterocycles. The van der Waals surface area contributed by atoms with E-state index in [9.17, 15) is 4.79 Å². The monoisotopic (exact) mass is 235 g/mol. The van der Waals surface area contributed by atoms with Crippen molar-refractivity contribution >= 4 is 6.29 Å². The normalized spacial score (nSPS) is 9.41. The zero-order chi connectivity index (χ0) is 12.3. The second kappa shape index (κ2) is 8.15. The summed E-state index contributed by atoms with van der Waals surface area (Å²) in [5.74, 6) is 0.543. The van der Waals surface area contributed by atoms with E-state index in [0.717, 1.165) is 6.29 Å². The lowest BCUT2D eigenvalue weighted by atomic mass is 10.2. The number of nitrogens with zero attached hydrogens (tertiary/aromatic N) is 3. The summed E-state index contributed by atoms with van der Waals surface area (Å²) < 4.78 is 10.5. The summed E-state index contributed by atoms with van der Waals surface area (Å²) in [4.78, 5) is 13.3. The molecule has 1 aromatic carbocycles. The third-order valence-corrected chi connectivity index (χ3v) is 1.93. The van der Waals surface area contributed by atoms with Crippen LogP contribution in [0.4, 0.5) is 0 Å². The van der Waals surface area contributed by atoms with E-state index in [-0.39, 0.29) is 0 Å². The molecule has 0 N–H and O–H groups in total. The number of carbonyl (C=O) groups excluding carboxylic acids is 1. The van der Waals surface area contributed by atoms with Crippen molar-refractivity contribution in [2.24, 2.45) is 5.11 Å². The molecule has 0 saturated carbocycles. The largest absolute Gasteiger partial charge is 0.490 e. The van der Waals surface area contributed by atoms with Crippen LogP contribution in [0.15, 0.2) is 29.4 Å². The third kappa shape index (κ3) is 5.01. The maximum atomic E-state index is 10.7. The van der Waals surface area contributed by atoms with Crippen molar-refractivity contribution in [3.8, 4) is 5.75 Å². The molecule has 0 aromatic heterocycles. The first-order valence-corrected chi connectivity index (χ1v) is 5.14. The van der Waals surface area contributed by atoms with Gasteiger partial charge >= 0.3 is 0 Å². The number of azide groups is 1. The summed E-state index contributed by atoms with van der Waals surface area (Å²) in [5, 5.41) is 3.32. The molecule has 0 aliphatic heterocycles. The first-order chi connectivity index (χ1) is 8.38. The Hall–Kier alpha value is -2.04. The van der Waals surface area contributed by atoms with E-state index in [4.69, 9.17) is 15.0 Å². The highest BCUT2D eigenvalue weighted by molar-refractivity contribution is 5.79. The minimum atomic E-state index is 0.307. The van der Waals surface area contributed by atoms with Gasteiger partial charge in [-0.25, -0.2) is 0 Å². The number of carbonyl (C=O) groups is 1. The fourth-order valence-electron chi connectivity index (χ4n) is 1.17. The zero-order valence-electron chi connectivity index (χ0n) is 9.28. The van der Waals surface area contributed by atoms with E-state index in [1.54, 1.807) is 24.3 Å². The molecule has 17 heavy (non-hydrogen) atoms. The van der Waals surface area contributed by atoms with Gasteiger partial charge in [0.2, 0.25) is 0 Å². The van der Waals surface area contributed by atoms with Crippen molar-refractivity contribution in [3.63, 3.8) is 0 Å². The smallest absolute Gasteiger partial charge is 0.153 e. The lowest BCUT2D eigenvalue weighted by Gasteiger charge is -2.07. The quantitative estimate of drug-likeness (QED) is 0.227. The molecular weight excluding hydrogens is 222 g/mol.